The van der Waals surface area contributed by atoms with E-state index in [4.69, 9.17) is 9.72 Å². The second kappa shape index (κ2) is 8.75. The highest BCUT2D eigenvalue weighted by Crippen LogP contribution is 2.29. The van der Waals surface area contributed by atoms with Crippen LogP contribution in [0.1, 0.15) is 40.9 Å². The Kier molecular flexibility index (Phi) is 5.50. The Balaban J connectivity index is 1.35. The van der Waals surface area contributed by atoms with Gasteiger partial charge in [-0.3, -0.25) is 14.8 Å². The number of pyridine rings is 2. The topological polar surface area (TPSA) is 81.2 Å². The molecule has 160 valence electrons. The predicted molar refractivity (Wildman–Crippen MR) is 124 cm³/mol. The maximum absolute atomic E-state index is 13.1. The molecule has 6 nitrogen and oxygen atoms in total. The number of amides is 1. The van der Waals surface area contributed by atoms with Gasteiger partial charge in [-0.2, -0.15) is 0 Å². The first-order valence-corrected chi connectivity index (χ1v) is 10.9. The SMILES string of the molecule is O=C(COC(=O)c1c2c(nc3ccccc13)CCCCC2)Nc1cnc2ccccc2c1. The minimum Gasteiger partial charge on any atom is -0.452 e. The number of anilines is 1. The predicted octanol–water partition coefficient (Wildman–Crippen LogP) is 4.85. The Morgan fingerprint density at radius 3 is 2.62 bits per heavy atom. The molecule has 0 spiro atoms. The number of rotatable bonds is 4. The largest absolute Gasteiger partial charge is 0.452 e. The fraction of sp³-hybridized carbons (Fsp3) is 0.231. The van der Waals surface area contributed by atoms with Crippen LogP contribution in [0.15, 0.2) is 60.8 Å². The van der Waals surface area contributed by atoms with Gasteiger partial charge in [0.2, 0.25) is 0 Å². The highest BCUT2D eigenvalue weighted by Gasteiger charge is 2.23. The molecule has 4 aromatic rings. The minimum atomic E-state index is -0.478. The van der Waals surface area contributed by atoms with Gasteiger partial charge in [-0.25, -0.2) is 4.79 Å². The molecule has 0 bridgehead atoms. The molecule has 0 aliphatic heterocycles. The molecule has 6 heteroatoms. The molecule has 1 N–H and O–H groups in total. The van der Waals surface area contributed by atoms with E-state index in [0.29, 0.717) is 11.3 Å². The average molecular weight is 425 g/mol. The fourth-order valence-electron chi connectivity index (χ4n) is 4.32. The Hall–Kier alpha value is -3.80. The molecule has 0 saturated carbocycles. The molecular weight excluding hydrogens is 402 g/mol. The molecule has 0 unspecified atom stereocenters. The summed E-state index contributed by atoms with van der Waals surface area (Å²) in [5.41, 5.74) is 4.68. The summed E-state index contributed by atoms with van der Waals surface area (Å²) in [5, 5.41) is 4.46. The Morgan fingerprint density at radius 2 is 1.72 bits per heavy atom. The van der Waals surface area contributed by atoms with E-state index in [2.05, 4.69) is 10.3 Å². The second-order valence-corrected chi connectivity index (χ2v) is 8.03. The van der Waals surface area contributed by atoms with Crippen LogP contribution in [-0.4, -0.2) is 28.5 Å². The van der Waals surface area contributed by atoms with Gasteiger partial charge < -0.3 is 10.1 Å². The van der Waals surface area contributed by atoms with Crippen molar-refractivity contribution in [2.24, 2.45) is 0 Å². The number of hydrogen-bond donors (Lipinski definition) is 1. The van der Waals surface area contributed by atoms with E-state index >= 15 is 0 Å². The van der Waals surface area contributed by atoms with Crippen molar-refractivity contribution in [3.63, 3.8) is 0 Å². The van der Waals surface area contributed by atoms with Crippen molar-refractivity contribution in [3.8, 4) is 0 Å². The first-order valence-electron chi connectivity index (χ1n) is 10.9. The average Bonchev–Trinajstić information content (AvgIpc) is 3.06. The monoisotopic (exact) mass is 425 g/mol. The van der Waals surface area contributed by atoms with Crippen LogP contribution in [-0.2, 0) is 22.4 Å². The molecular formula is C26H23N3O3. The lowest BCUT2D eigenvalue weighted by Crippen LogP contribution is -2.22. The van der Waals surface area contributed by atoms with E-state index < -0.39 is 11.9 Å². The second-order valence-electron chi connectivity index (χ2n) is 8.03. The summed E-state index contributed by atoms with van der Waals surface area (Å²) in [5.74, 6) is -0.881. The number of ether oxygens (including phenoxy) is 1. The van der Waals surface area contributed by atoms with Crippen LogP contribution in [0.4, 0.5) is 5.69 Å². The fourth-order valence-corrected chi connectivity index (χ4v) is 4.32. The maximum atomic E-state index is 13.1. The molecule has 2 heterocycles. The zero-order valence-electron chi connectivity index (χ0n) is 17.6. The van der Waals surface area contributed by atoms with Crippen molar-refractivity contribution >= 4 is 39.4 Å². The quantitative estimate of drug-likeness (QED) is 0.373. The number of hydrogen-bond acceptors (Lipinski definition) is 5. The molecule has 5 rings (SSSR count). The molecule has 1 amide bonds. The first kappa shape index (κ1) is 20.1. The number of esters is 1. The lowest BCUT2D eigenvalue weighted by atomic mass is 9.97. The molecule has 2 aromatic carbocycles. The molecule has 32 heavy (non-hydrogen) atoms. The van der Waals surface area contributed by atoms with E-state index in [1.165, 1.54) is 0 Å². The summed E-state index contributed by atoms with van der Waals surface area (Å²) >= 11 is 0. The van der Waals surface area contributed by atoms with Crippen LogP contribution in [0.25, 0.3) is 21.8 Å². The van der Waals surface area contributed by atoms with E-state index in [1.807, 2.05) is 54.6 Å². The van der Waals surface area contributed by atoms with E-state index in [-0.39, 0.29) is 6.61 Å². The van der Waals surface area contributed by atoms with Gasteiger partial charge in [0.05, 0.1) is 28.5 Å². The number of benzene rings is 2. The molecule has 0 saturated heterocycles. The number of aromatic nitrogens is 2. The number of nitrogens with one attached hydrogen (secondary N) is 1. The summed E-state index contributed by atoms with van der Waals surface area (Å²) in [4.78, 5) is 34.7. The Labute approximate surface area is 185 Å². The summed E-state index contributed by atoms with van der Waals surface area (Å²) < 4.78 is 5.47. The normalized spacial score (nSPS) is 13.4. The van der Waals surface area contributed by atoms with Gasteiger partial charge in [0.15, 0.2) is 6.61 Å². The highest BCUT2D eigenvalue weighted by molar-refractivity contribution is 6.06. The standard InChI is InChI=1S/C26H23N3O3/c30-24(28-18-14-17-8-4-6-11-21(17)27-15-18)16-32-26(31)25-19-9-2-1-3-12-22(19)29-23-13-7-5-10-20(23)25/h4-8,10-11,13-15H,1-3,9,12,16H2,(H,28,30). The van der Waals surface area contributed by atoms with Crippen LogP contribution >= 0.6 is 0 Å². The van der Waals surface area contributed by atoms with Gasteiger partial charge in [0, 0.05) is 16.5 Å². The van der Waals surface area contributed by atoms with Crippen molar-refractivity contribution < 1.29 is 14.3 Å². The van der Waals surface area contributed by atoms with Crippen molar-refractivity contribution in [1.82, 2.24) is 9.97 Å². The lowest BCUT2D eigenvalue weighted by Gasteiger charge is -2.15. The smallest absolute Gasteiger partial charge is 0.339 e. The van der Waals surface area contributed by atoms with Gasteiger partial charge in [0.25, 0.3) is 5.91 Å². The van der Waals surface area contributed by atoms with Crippen LogP contribution in [0, 0.1) is 0 Å². The Morgan fingerprint density at radius 1 is 0.938 bits per heavy atom. The molecule has 1 aliphatic rings. The van der Waals surface area contributed by atoms with Gasteiger partial charge in [0.1, 0.15) is 0 Å². The van der Waals surface area contributed by atoms with Crippen molar-refractivity contribution in [2.45, 2.75) is 32.1 Å². The minimum absolute atomic E-state index is 0.364. The number of para-hydroxylation sites is 2. The van der Waals surface area contributed by atoms with Gasteiger partial charge in [-0.05, 0) is 49.4 Å². The summed E-state index contributed by atoms with van der Waals surface area (Å²) in [6, 6.07) is 17.1. The van der Waals surface area contributed by atoms with Crippen molar-refractivity contribution in [1.29, 1.82) is 0 Å². The highest BCUT2D eigenvalue weighted by atomic mass is 16.5. The molecule has 0 atom stereocenters. The van der Waals surface area contributed by atoms with Crippen molar-refractivity contribution in [3.05, 3.63) is 77.6 Å². The van der Waals surface area contributed by atoms with Gasteiger partial charge >= 0.3 is 5.97 Å². The number of fused-ring (bicyclic) bond motifs is 3. The Bertz CT molecular complexity index is 1330. The number of carbonyl (C=O) groups is 2. The molecule has 0 radical (unpaired) electrons. The van der Waals surface area contributed by atoms with Crippen LogP contribution in [0.3, 0.4) is 0 Å². The van der Waals surface area contributed by atoms with E-state index in [9.17, 15) is 9.59 Å². The lowest BCUT2D eigenvalue weighted by molar-refractivity contribution is -0.119. The van der Waals surface area contributed by atoms with Gasteiger partial charge in [-0.15, -0.1) is 0 Å². The number of aryl methyl sites for hydroxylation is 1. The zero-order valence-corrected chi connectivity index (χ0v) is 17.6. The summed E-state index contributed by atoms with van der Waals surface area (Å²) in [7, 11) is 0. The summed E-state index contributed by atoms with van der Waals surface area (Å²) in [6.07, 6.45) is 6.45. The maximum Gasteiger partial charge on any atom is 0.339 e. The third kappa shape index (κ3) is 4.04. The summed E-state index contributed by atoms with van der Waals surface area (Å²) in [6.45, 7) is -0.364. The van der Waals surface area contributed by atoms with E-state index in [0.717, 1.165) is 65.2 Å². The van der Waals surface area contributed by atoms with Crippen LogP contribution in [0.2, 0.25) is 0 Å². The number of carbonyl (C=O) groups excluding carboxylic acids is 2. The number of nitrogens with zero attached hydrogens (tertiary/aromatic N) is 2. The zero-order chi connectivity index (χ0) is 21.9. The molecule has 1 aliphatic carbocycles. The molecule has 0 fully saturated rings. The third-order valence-electron chi connectivity index (χ3n) is 5.83. The molecule has 2 aromatic heterocycles. The van der Waals surface area contributed by atoms with Gasteiger partial charge in [-0.1, -0.05) is 42.8 Å². The third-order valence-corrected chi connectivity index (χ3v) is 5.83. The van der Waals surface area contributed by atoms with Crippen LogP contribution in [0.5, 0.6) is 0 Å². The first-order chi connectivity index (χ1) is 15.7. The van der Waals surface area contributed by atoms with E-state index in [1.54, 1.807) is 6.20 Å². The van der Waals surface area contributed by atoms with Crippen LogP contribution < -0.4 is 5.32 Å². The van der Waals surface area contributed by atoms with Crippen molar-refractivity contribution in [2.75, 3.05) is 11.9 Å².